The minimum atomic E-state index is -0.489. The molecule has 1 aliphatic heterocycles. The van der Waals surface area contributed by atoms with Crippen LogP contribution < -0.4 is 21.7 Å². The Morgan fingerprint density at radius 3 is 2.59 bits per heavy atom. The number of nitrogens with two attached hydrogens (primary N) is 1. The maximum atomic E-state index is 11.8. The average Bonchev–Trinajstić information content (AvgIpc) is 2.64. The van der Waals surface area contributed by atoms with Crippen molar-refractivity contribution in [3.8, 4) is 0 Å². The predicted molar refractivity (Wildman–Crippen MR) is 107 cm³/mol. The third-order valence-electron chi connectivity index (χ3n) is 4.45. The first-order valence-corrected chi connectivity index (χ1v) is 9.15. The van der Waals surface area contributed by atoms with E-state index in [1.165, 1.54) is 6.20 Å². The molecule has 27 heavy (non-hydrogen) atoms. The Morgan fingerprint density at radius 1 is 1.22 bits per heavy atom. The van der Waals surface area contributed by atoms with Gasteiger partial charge in [-0.25, -0.2) is 9.97 Å². The summed E-state index contributed by atoms with van der Waals surface area (Å²) in [7, 11) is 4.04. The Bertz CT molecular complexity index is 770. The Morgan fingerprint density at radius 2 is 1.96 bits per heavy atom. The summed E-state index contributed by atoms with van der Waals surface area (Å²) in [5, 5.41) is 9.96. The molecule has 1 fully saturated rings. The van der Waals surface area contributed by atoms with Gasteiger partial charge in [0.1, 0.15) is 11.6 Å². The number of anilines is 3. The van der Waals surface area contributed by atoms with E-state index in [1.54, 1.807) is 0 Å². The highest BCUT2D eigenvalue weighted by atomic mass is 16.1. The molecule has 0 atom stereocenters. The highest BCUT2D eigenvalue weighted by molar-refractivity contribution is 5.98. The first-order chi connectivity index (χ1) is 13.0. The molecule has 0 radical (unpaired) electrons. The fraction of sp³-hybridized carbons (Fsp3) is 0.421. The third-order valence-corrected chi connectivity index (χ3v) is 4.45. The van der Waals surface area contributed by atoms with Crippen LogP contribution in [0.2, 0.25) is 0 Å². The summed E-state index contributed by atoms with van der Waals surface area (Å²) in [5.74, 6) is 0.825. The summed E-state index contributed by atoms with van der Waals surface area (Å²) in [5.41, 5.74) is 7.75. The molecule has 144 valence electrons. The number of primary amides is 1. The van der Waals surface area contributed by atoms with Crippen LogP contribution >= 0.6 is 0 Å². The number of piperidine rings is 1. The van der Waals surface area contributed by atoms with E-state index in [4.69, 9.17) is 5.73 Å². The maximum absolute atomic E-state index is 11.8. The van der Waals surface area contributed by atoms with Crippen LogP contribution in [0.25, 0.3) is 0 Å². The van der Waals surface area contributed by atoms with Gasteiger partial charge >= 0.3 is 0 Å². The number of aromatic nitrogens is 2. The molecule has 8 heteroatoms. The fourth-order valence-electron chi connectivity index (χ4n) is 3.11. The minimum Gasteiger partial charge on any atom is -0.381 e. The molecule has 0 aromatic carbocycles. The van der Waals surface area contributed by atoms with E-state index in [1.807, 2.05) is 38.5 Å². The van der Waals surface area contributed by atoms with Gasteiger partial charge in [0, 0.05) is 31.0 Å². The summed E-state index contributed by atoms with van der Waals surface area (Å²) >= 11 is 0. The number of hydrogen-bond acceptors (Lipinski definition) is 7. The van der Waals surface area contributed by atoms with Crippen molar-refractivity contribution in [1.29, 1.82) is 0 Å². The van der Waals surface area contributed by atoms with Crippen LogP contribution in [-0.2, 0) is 6.54 Å². The van der Waals surface area contributed by atoms with Crippen LogP contribution in [-0.4, -0.2) is 54.0 Å². The summed E-state index contributed by atoms with van der Waals surface area (Å²) in [4.78, 5) is 22.6. The van der Waals surface area contributed by atoms with Crippen molar-refractivity contribution in [2.45, 2.75) is 25.4 Å². The van der Waals surface area contributed by atoms with E-state index in [9.17, 15) is 4.79 Å². The SMILES string of the molecule is CN(C)Cc1ccc(Nc2cc(NC3CCNCC3)c(C(N)=O)cn2)nc1. The van der Waals surface area contributed by atoms with Crippen LogP contribution in [0.3, 0.4) is 0 Å². The van der Waals surface area contributed by atoms with Crippen LogP contribution in [0.5, 0.6) is 0 Å². The summed E-state index contributed by atoms with van der Waals surface area (Å²) in [6, 6.07) is 6.07. The van der Waals surface area contributed by atoms with Gasteiger partial charge < -0.3 is 26.6 Å². The van der Waals surface area contributed by atoms with Gasteiger partial charge in [-0.15, -0.1) is 0 Å². The molecule has 0 spiro atoms. The van der Waals surface area contributed by atoms with Gasteiger partial charge in [-0.2, -0.15) is 0 Å². The second kappa shape index (κ2) is 8.79. The molecular weight excluding hydrogens is 342 g/mol. The molecule has 1 aliphatic rings. The van der Waals surface area contributed by atoms with E-state index < -0.39 is 5.91 Å². The lowest BCUT2D eigenvalue weighted by Gasteiger charge is -2.25. The largest absolute Gasteiger partial charge is 0.381 e. The molecule has 2 aromatic rings. The van der Waals surface area contributed by atoms with Crippen molar-refractivity contribution < 1.29 is 4.79 Å². The van der Waals surface area contributed by atoms with Gasteiger partial charge in [0.15, 0.2) is 0 Å². The van der Waals surface area contributed by atoms with E-state index in [-0.39, 0.29) is 0 Å². The molecule has 5 N–H and O–H groups in total. The maximum Gasteiger partial charge on any atom is 0.252 e. The molecule has 0 unspecified atom stereocenters. The van der Waals surface area contributed by atoms with Gasteiger partial charge in [0.25, 0.3) is 5.91 Å². The molecule has 3 heterocycles. The van der Waals surface area contributed by atoms with Crippen molar-refractivity contribution in [2.24, 2.45) is 5.73 Å². The van der Waals surface area contributed by atoms with Gasteiger partial charge in [-0.3, -0.25) is 4.79 Å². The lowest BCUT2D eigenvalue weighted by Crippen LogP contribution is -2.35. The van der Waals surface area contributed by atoms with Crippen molar-refractivity contribution in [2.75, 3.05) is 37.8 Å². The number of carbonyl (C=O) groups excluding carboxylic acids is 1. The lowest BCUT2D eigenvalue weighted by molar-refractivity contribution is 0.100. The van der Waals surface area contributed by atoms with Crippen LogP contribution in [0, 0.1) is 0 Å². The molecule has 1 saturated heterocycles. The average molecular weight is 369 g/mol. The molecule has 3 rings (SSSR count). The van der Waals surface area contributed by atoms with Gasteiger partial charge in [-0.1, -0.05) is 6.07 Å². The number of rotatable bonds is 7. The number of nitrogens with zero attached hydrogens (tertiary/aromatic N) is 3. The zero-order valence-corrected chi connectivity index (χ0v) is 15.8. The zero-order chi connectivity index (χ0) is 19.2. The molecule has 8 nitrogen and oxygen atoms in total. The van der Waals surface area contributed by atoms with Crippen molar-refractivity contribution in [3.05, 3.63) is 41.7 Å². The Hall–Kier alpha value is -2.71. The topological polar surface area (TPSA) is 108 Å². The van der Waals surface area contributed by atoms with Crippen LogP contribution in [0.1, 0.15) is 28.8 Å². The number of carbonyl (C=O) groups is 1. The van der Waals surface area contributed by atoms with Crippen LogP contribution in [0.15, 0.2) is 30.6 Å². The van der Waals surface area contributed by atoms with Crippen molar-refractivity contribution >= 4 is 23.2 Å². The zero-order valence-electron chi connectivity index (χ0n) is 15.8. The Balaban J connectivity index is 1.75. The summed E-state index contributed by atoms with van der Waals surface area (Å²) < 4.78 is 0. The second-order valence-corrected chi connectivity index (χ2v) is 7.06. The smallest absolute Gasteiger partial charge is 0.252 e. The molecule has 0 bridgehead atoms. The van der Waals surface area contributed by atoms with Gasteiger partial charge in [0.05, 0.1) is 11.3 Å². The second-order valence-electron chi connectivity index (χ2n) is 7.06. The number of pyridine rings is 2. The van der Waals surface area contributed by atoms with Gasteiger partial charge in [0.2, 0.25) is 0 Å². The highest BCUT2D eigenvalue weighted by Gasteiger charge is 2.17. The standard InChI is InChI=1S/C19H27N7O/c1-26(2)12-13-3-4-17(22-10-13)25-18-9-16(15(11-23-18)19(20)27)24-14-5-7-21-8-6-14/h3-4,9-11,14,21H,5-8,12H2,1-2H3,(H2,20,27)(H2,22,23,24,25). The van der Waals surface area contributed by atoms with Gasteiger partial charge in [-0.05, 0) is 51.7 Å². The highest BCUT2D eigenvalue weighted by Crippen LogP contribution is 2.23. The Labute approximate surface area is 159 Å². The number of nitrogens with one attached hydrogen (secondary N) is 3. The molecule has 0 saturated carbocycles. The fourth-order valence-corrected chi connectivity index (χ4v) is 3.11. The quantitative estimate of drug-likeness (QED) is 0.586. The first-order valence-electron chi connectivity index (χ1n) is 9.15. The van der Waals surface area contributed by atoms with E-state index in [0.29, 0.717) is 28.9 Å². The first kappa shape index (κ1) is 19.1. The normalized spacial score (nSPS) is 14.9. The monoisotopic (exact) mass is 369 g/mol. The van der Waals surface area contributed by atoms with Crippen molar-refractivity contribution in [1.82, 2.24) is 20.2 Å². The molecule has 2 aromatic heterocycles. The van der Waals surface area contributed by atoms with Crippen LogP contribution in [0.4, 0.5) is 17.3 Å². The van der Waals surface area contributed by atoms with E-state index in [0.717, 1.165) is 38.0 Å². The minimum absolute atomic E-state index is 0.308. The third kappa shape index (κ3) is 5.38. The molecular formula is C19H27N7O. The number of amides is 1. The predicted octanol–water partition coefficient (Wildman–Crippen LogP) is 1.54. The molecule has 1 amide bonds. The summed E-state index contributed by atoms with van der Waals surface area (Å²) in [6.07, 6.45) is 5.35. The summed E-state index contributed by atoms with van der Waals surface area (Å²) in [6.45, 7) is 2.76. The Kier molecular flexibility index (Phi) is 6.20. The lowest BCUT2D eigenvalue weighted by atomic mass is 10.1. The number of hydrogen-bond donors (Lipinski definition) is 4. The van der Waals surface area contributed by atoms with Crippen molar-refractivity contribution in [3.63, 3.8) is 0 Å². The molecule has 0 aliphatic carbocycles. The van der Waals surface area contributed by atoms with E-state index in [2.05, 4.69) is 30.8 Å². The van der Waals surface area contributed by atoms with E-state index >= 15 is 0 Å².